The first-order chi connectivity index (χ1) is 12.3. The molecule has 6 nitrogen and oxygen atoms in total. The number of furan rings is 1. The normalized spacial score (nSPS) is 16.5. The van der Waals surface area contributed by atoms with Gasteiger partial charge in [0, 0.05) is 26.7 Å². The van der Waals surface area contributed by atoms with Crippen molar-refractivity contribution in [1.82, 2.24) is 20.4 Å². The molecule has 1 saturated heterocycles. The lowest BCUT2D eigenvalue weighted by Crippen LogP contribution is -2.44. The fraction of sp³-hybridized carbons (Fsp3) is 0.737. The van der Waals surface area contributed by atoms with E-state index in [9.17, 15) is 0 Å². The number of hydrogen-bond donors (Lipinski definition) is 2. The molecule has 2 heterocycles. The summed E-state index contributed by atoms with van der Waals surface area (Å²) in [6, 6.07) is 4.31. The second kappa shape index (κ2) is 13.4. The molecular formula is C19H36IN5O. The van der Waals surface area contributed by atoms with Crippen molar-refractivity contribution < 1.29 is 4.42 Å². The molecule has 0 aromatic carbocycles. The Morgan fingerprint density at radius 3 is 2.62 bits per heavy atom. The van der Waals surface area contributed by atoms with Gasteiger partial charge in [0.2, 0.25) is 0 Å². The van der Waals surface area contributed by atoms with E-state index in [0.29, 0.717) is 0 Å². The van der Waals surface area contributed by atoms with Gasteiger partial charge in [-0.3, -0.25) is 9.89 Å². The van der Waals surface area contributed by atoms with Crippen molar-refractivity contribution in [2.75, 3.05) is 52.9 Å². The molecule has 0 bridgehead atoms. The van der Waals surface area contributed by atoms with Crippen LogP contribution in [0.3, 0.4) is 0 Å². The molecule has 1 aromatic heterocycles. The Hall–Kier alpha value is -0.800. The van der Waals surface area contributed by atoms with Gasteiger partial charge in [0.15, 0.2) is 5.96 Å². The summed E-state index contributed by atoms with van der Waals surface area (Å²) in [5, 5.41) is 6.91. The number of aliphatic imine (C=N–C) groups is 1. The molecule has 26 heavy (non-hydrogen) atoms. The molecule has 1 aromatic rings. The van der Waals surface area contributed by atoms with Crippen molar-refractivity contribution in [2.24, 2.45) is 4.99 Å². The highest BCUT2D eigenvalue weighted by Gasteiger charge is 2.25. The van der Waals surface area contributed by atoms with Gasteiger partial charge in [-0.05, 0) is 57.6 Å². The van der Waals surface area contributed by atoms with E-state index >= 15 is 0 Å². The van der Waals surface area contributed by atoms with E-state index < -0.39 is 0 Å². The Labute approximate surface area is 175 Å². The number of nitrogens with one attached hydrogen (secondary N) is 2. The quantitative estimate of drug-likeness (QED) is 0.309. The summed E-state index contributed by atoms with van der Waals surface area (Å²) in [6.45, 7) is 11.7. The fourth-order valence-corrected chi connectivity index (χ4v) is 3.43. The van der Waals surface area contributed by atoms with E-state index in [4.69, 9.17) is 4.42 Å². The maximum atomic E-state index is 5.68. The lowest BCUT2D eigenvalue weighted by molar-refractivity contribution is 0.215. The Balaban J connectivity index is 0.00000338. The molecule has 0 amide bonds. The average molecular weight is 477 g/mol. The van der Waals surface area contributed by atoms with Crippen LogP contribution in [0, 0.1) is 0 Å². The molecule has 1 unspecified atom stereocenters. The Kier molecular flexibility index (Phi) is 12.0. The van der Waals surface area contributed by atoms with E-state index in [1.807, 2.05) is 13.1 Å². The van der Waals surface area contributed by atoms with Gasteiger partial charge in [0.05, 0.1) is 12.3 Å². The number of hydrogen-bond acceptors (Lipinski definition) is 4. The van der Waals surface area contributed by atoms with Crippen molar-refractivity contribution in [2.45, 2.75) is 39.2 Å². The molecule has 0 aliphatic carbocycles. The second-order valence-corrected chi connectivity index (χ2v) is 6.59. The molecule has 0 spiro atoms. The maximum absolute atomic E-state index is 5.68. The number of guanidine groups is 1. The molecule has 150 valence electrons. The lowest BCUT2D eigenvalue weighted by Gasteiger charge is -2.27. The first-order valence-corrected chi connectivity index (χ1v) is 9.72. The molecule has 1 fully saturated rings. The third-order valence-corrected chi connectivity index (χ3v) is 4.85. The van der Waals surface area contributed by atoms with Crippen LogP contribution < -0.4 is 10.6 Å². The number of nitrogens with zero attached hydrogens (tertiary/aromatic N) is 3. The third-order valence-electron chi connectivity index (χ3n) is 4.85. The second-order valence-electron chi connectivity index (χ2n) is 6.59. The Morgan fingerprint density at radius 2 is 2.04 bits per heavy atom. The SMILES string of the molecule is CCCN(CC)CCNC(=NC)NCC(c1ccco1)N1CCCC1.I. The highest BCUT2D eigenvalue weighted by atomic mass is 127. The summed E-state index contributed by atoms with van der Waals surface area (Å²) in [5.41, 5.74) is 0. The van der Waals surface area contributed by atoms with Gasteiger partial charge in [0.1, 0.15) is 5.76 Å². The van der Waals surface area contributed by atoms with Gasteiger partial charge in [-0.2, -0.15) is 0 Å². The lowest BCUT2D eigenvalue weighted by atomic mass is 10.2. The average Bonchev–Trinajstić information content (AvgIpc) is 3.33. The van der Waals surface area contributed by atoms with Crippen LogP contribution in [0.2, 0.25) is 0 Å². The molecule has 1 aliphatic rings. The van der Waals surface area contributed by atoms with Crippen LogP contribution in [0.5, 0.6) is 0 Å². The third kappa shape index (κ3) is 7.44. The Bertz CT molecular complexity index is 488. The number of halogens is 1. The predicted molar refractivity (Wildman–Crippen MR) is 119 cm³/mol. The van der Waals surface area contributed by atoms with Crippen LogP contribution in [0.4, 0.5) is 0 Å². The molecule has 0 saturated carbocycles. The summed E-state index contributed by atoms with van der Waals surface area (Å²) in [5.74, 6) is 1.90. The zero-order chi connectivity index (χ0) is 17.9. The van der Waals surface area contributed by atoms with E-state index in [0.717, 1.165) is 57.5 Å². The molecule has 7 heteroatoms. The van der Waals surface area contributed by atoms with Crippen LogP contribution >= 0.6 is 24.0 Å². The summed E-state index contributed by atoms with van der Waals surface area (Å²) < 4.78 is 5.68. The number of likely N-dealkylation sites (tertiary alicyclic amines) is 1. The van der Waals surface area contributed by atoms with Crippen LogP contribution in [0.1, 0.15) is 44.9 Å². The minimum atomic E-state index is 0. The zero-order valence-electron chi connectivity index (χ0n) is 16.5. The summed E-state index contributed by atoms with van der Waals surface area (Å²) >= 11 is 0. The molecule has 1 aliphatic heterocycles. The van der Waals surface area contributed by atoms with Crippen molar-refractivity contribution >= 4 is 29.9 Å². The fourth-order valence-electron chi connectivity index (χ4n) is 3.43. The van der Waals surface area contributed by atoms with Crippen molar-refractivity contribution in [1.29, 1.82) is 0 Å². The van der Waals surface area contributed by atoms with Crippen LogP contribution in [0.25, 0.3) is 0 Å². The number of rotatable bonds is 10. The minimum Gasteiger partial charge on any atom is -0.468 e. The standard InChI is InChI=1S/C19H35N5O.HI/c1-4-11-23(5-2)14-10-21-19(20-3)22-16-17(18-9-8-15-25-18)24-12-6-7-13-24;/h8-9,15,17H,4-7,10-14,16H2,1-3H3,(H2,20,21,22);1H. The van der Waals surface area contributed by atoms with Crippen LogP contribution in [0.15, 0.2) is 27.8 Å². The van der Waals surface area contributed by atoms with E-state index in [1.54, 1.807) is 6.26 Å². The van der Waals surface area contributed by atoms with Crippen molar-refractivity contribution in [3.8, 4) is 0 Å². The first-order valence-electron chi connectivity index (χ1n) is 9.72. The van der Waals surface area contributed by atoms with E-state index in [2.05, 4.69) is 45.3 Å². The molecule has 2 N–H and O–H groups in total. The van der Waals surface area contributed by atoms with Gasteiger partial charge < -0.3 is 20.0 Å². The Morgan fingerprint density at radius 1 is 1.27 bits per heavy atom. The highest BCUT2D eigenvalue weighted by molar-refractivity contribution is 14.0. The minimum absolute atomic E-state index is 0. The molecule has 1 atom stereocenters. The van der Waals surface area contributed by atoms with Gasteiger partial charge in [-0.25, -0.2) is 0 Å². The van der Waals surface area contributed by atoms with E-state index in [1.165, 1.54) is 19.3 Å². The zero-order valence-corrected chi connectivity index (χ0v) is 18.9. The van der Waals surface area contributed by atoms with Gasteiger partial charge in [0.25, 0.3) is 0 Å². The number of likely N-dealkylation sites (N-methyl/N-ethyl adjacent to an activating group) is 1. The monoisotopic (exact) mass is 477 g/mol. The van der Waals surface area contributed by atoms with Gasteiger partial charge in [-0.1, -0.05) is 13.8 Å². The van der Waals surface area contributed by atoms with E-state index in [-0.39, 0.29) is 30.0 Å². The topological polar surface area (TPSA) is 56.0 Å². The molecular weight excluding hydrogens is 441 g/mol. The summed E-state index contributed by atoms with van der Waals surface area (Å²) in [6.07, 6.45) is 5.50. The molecule has 2 rings (SSSR count). The largest absolute Gasteiger partial charge is 0.468 e. The first kappa shape index (κ1) is 23.2. The van der Waals surface area contributed by atoms with Crippen molar-refractivity contribution in [3.05, 3.63) is 24.2 Å². The maximum Gasteiger partial charge on any atom is 0.191 e. The van der Waals surface area contributed by atoms with Gasteiger partial charge in [-0.15, -0.1) is 24.0 Å². The summed E-state index contributed by atoms with van der Waals surface area (Å²) in [7, 11) is 1.83. The molecule has 0 radical (unpaired) electrons. The van der Waals surface area contributed by atoms with Gasteiger partial charge >= 0.3 is 0 Å². The highest BCUT2D eigenvalue weighted by Crippen LogP contribution is 2.24. The smallest absolute Gasteiger partial charge is 0.191 e. The summed E-state index contributed by atoms with van der Waals surface area (Å²) in [4.78, 5) is 9.32. The van der Waals surface area contributed by atoms with Crippen molar-refractivity contribution in [3.63, 3.8) is 0 Å². The van der Waals surface area contributed by atoms with Crippen LogP contribution in [-0.4, -0.2) is 68.6 Å². The predicted octanol–water partition coefficient (Wildman–Crippen LogP) is 2.93. The van der Waals surface area contributed by atoms with Crippen LogP contribution in [-0.2, 0) is 0 Å².